The van der Waals surface area contributed by atoms with Gasteiger partial charge >= 0.3 is 0 Å². The summed E-state index contributed by atoms with van der Waals surface area (Å²) in [6, 6.07) is 5.89. The van der Waals surface area contributed by atoms with Crippen LogP contribution in [0.1, 0.15) is 37.0 Å². The number of benzene rings is 1. The third-order valence-electron chi connectivity index (χ3n) is 3.50. The molecule has 116 valence electrons. The fourth-order valence-corrected chi connectivity index (χ4v) is 2.25. The smallest absolute Gasteiger partial charge is 0.229 e. The molecule has 0 N–H and O–H groups in total. The van der Waals surface area contributed by atoms with E-state index in [2.05, 4.69) is 32.4 Å². The third-order valence-corrected chi connectivity index (χ3v) is 3.50. The zero-order valence-corrected chi connectivity index (χ0v) is 13.0. The van der Waals surface area contributed by atoms with Crippen LogP contribution in [0.5, 0.6) is 0 Å². The summed E-state index contributed by atoms with van der Waals surface area (Å²) in [5.41, 5.74) is 2.69. The molecule has 0 aliphatic carbocycles. The van der Waals surface area contributed by atoms with Crippen molar-refractivity contribution < 1.29 is 9.15 Å². The van der Waals surface area contributed by atoms with Crippen LogP contribution in [-0.2, 0) is 13.0 Å². The second-order valence-electron chi connectivity index (χ2n) is 5.74. The molecule has 0 amide bonds. The van der Waals surface area contributed by atoms with Crippen LogP contribution in [0.2, 0.25) is 0 Å². The minimum absolute atomic E-state index is 0.260. The van der Waals surface area contributed by atoms with Gasteiger partial charge in [-0.1, -0.05) is 31.1 Å². The molecule has 0 saturated carbocycles. The Labute approximate surface area is 128 Å². The predicted molar refractivity (Wildman–Crippen MR) is 80.2 cm³/mol. The molecule has 0 fully saturated rings. The molecule has 0 spiro atoms. The molecule has 0 atom stereocenters. The van der Waals surface area contributed by atoms with E-state index in [0.717, 1.165) is 41.9 Å². The first-order chi connectivity index (χ1) is 10.6. The average Bonchev–Trinajstić information content (AvgIpc) is 3.14. The SMILES string of the molecule is CC(C)c1nc(CCN(C)Cc2cccc3nonc23)no1. The molecule has 0 aliphatic rings. The Morgan fingerprint density at radius 1 is 1.18 bits per heavy atom. The molecule has 7 nitrogen and oxygen atoms in total. The van der Waals surface area contributed by atoms with Crippen LogP contribution >= 0.6 is 0 Å². The number of hydrogen-bond donors (Lipinski definition) is 0. The molecule has 3 aromatic rings. The molecule has 3 rings (SSSR count). The van der Waals surface area contributed by atoms with E-state index in [9.17, 15) is 0 Å². The molecular weight excluding hydrogens is 282 g/mol. The number of aromatic nitrogens is 4. The zero-order valence-electron chi connectivity index (χ0n) is 13.0. The normalized spacial score (nSPS) is 11.9. The van der Waals surface area contributed by atoms with E-state index >= 15 is 0 Å². The lowest BCUT2D eigenvalue weighted by Gasteiger charge is -2.15. The van der Waals surface area contributed by atoms with Crippen molar-refractivity contribution in [2.24, 2.45) is 0 Å². The molecule has 0 bridgehead atoms. The Kier molecular flexibility index (Phi) is 4.15. The number of likely N-dealkylation sites (N-methyl/N-ethyl adjacent to an activating group) is 1. The Morgan fingerprint density at radius 2 is 2.05 bits per heavy atom. The van der Waals surface area contributed by atoms with Gasteiger partial charge in [-0.2, -0.15) is 4.98 Å². The summed E-state index contributed by atoms with van der Waals surface area (Å²) in [5, 5.41) is 11.8. The van der Waals surface area contributed by atoms with Crippen LogP contribution in [0.4, 0.5) is 0 Å². The van der Waals surface area contributed by atoms with E-state index in [0.29, 0.717) is 5.89 Å². The van der Waals surface area contributed by atoms with Gasteiger partial charge in [0.1, 0.15) is 11.0 Å². The van der Waals surface area contributed by atoms with Crippen molar-refractivity contribution in [3.63, 3.8) is 0 Å². The molecule has 2 aromatic heterocycles. The van der Waals surface area contributed by atoms with Gasteiger partial charge in [-0.15, -0.1) is 0 Å². The lowest BCUT2D eigenvalue weighted by molar-refractivity contribution is 0.311. The van der Waals surface area contributed by atoms with Gasteiger partial charge in [0.15, 0.2) is 5.82 Å². The molecule has 0 unspecified atom stereocenters. The molecular formula is C15H19N5O2. The second-order valence-corrected chi connectivity index (χ2v) is 5.74. The standard InChI is InChI=1S/C15H19N5O2/c1-10(2)15-16-13(18-21-15)7-8-20(3)9-11-5-4-6-12-14(11)19-22-17-12/h4-6,10H,7-9H2,1-3H3. The molecule has 22 heavy (non-hydrogen) atoms. The fourth-order valence-electron chi connectivity index (χ4n) is 2.25. The summed E-state index contributed by atoms with van der Waals surface area (Å²) in [4.78, 5) is 6.58. The molecule has 0 radical (unpaired) electrons. The number of fused-ring (bicyclic) bond motifs is 1. The van der Waals surface area contributed by atoms with Crippen molar-refractivity contribution in [3.05, 3.63) is 35.5 Å². The Morgan fingerprint density at radius 3 is 2.82 bits per heavy atom. The van der Waals surface area contributed by atoms with E-state index in [1.54, 1.807) is 0 Å². The number of rotatable bonds is 6. The van der Waals surface area contributed by atoms with Gasteiger partial charge in [-0.05, 0) is 29.0 Å². The monoisotopic (exact) mass is 301 g/mol. The summed E-state index contributed by atoms with van der Waals surface area (Å²) in [7, 11) is 2.05. The maximum absolute atomic E-state index is 5.21. The summed E-state index contributed by atoms with van der Waals surface area (Å²) < 4.78 is 10.0. The Hall–Kier alpha value is -2.28. The number of hydrogen-bond acceptors (Lipinski definition) is 7. The average molecular weight is 301 g/mol. The lowest BCUT2D eigenvalue weighted by atomic mass is 10.1. The Bertz CT molecular complexity index is 749. The first-order valence-corrected chi connectivity index (χ1v) is 7.34. The van der Waals surface area contributed by atoms with Gasteiger partial charge in [0.2, 0.25) is 5.89 Å². The van der Waals surface area contributed by atoms with Crippen molar-refractivity contribution in [1.29, 1.82) is 0 Å². The lowest BCUT2D eigenvalue weighted by Crippen LogP contribution is -2.21. The van der Waals surface area contributed by atoms with E-state index < -0.39 is 0 Å². The van der Waals surface area contributed by atoms with Crippen LogP contribution in [-0.4, -0.2) is 38.9 Å². The van der Waals surface area contributed by atoms with Gasteiger partial charge in [-0.25, -0.2) is 4.63 Å². The van der Waals surface area contributed by atoms with E-state index in [4.69, 9.17) is 9.15 Å². The maximum atomic E-state index is 5.21. The van der Waals surface area contributed by atoms with Crippen LogP contribution < -0.4 is 0 Å². The van der Waals surface area contributed by atoms with Crippen molar-refractivity contribution >= 4 is 11.0 Å². The highest BCUT2D eigenvalue weighted by Gasteiger charge is 2.12. The Balaban J connectivity index is 1.60. The second kappa shape index (κ2) is 6.23. The van der Waals surface area contributed by atoms with Gasteiger partial charge < -0.3 is 9.42 Å². The van der Waals surface area contributed by atoms with Crippen molar-refractivity contribution in [2.45, 2.75) is 32.7 Å². The van der Waals surface area contributed by atoms with Crippen molar-refractivity contribution in [1.82, 2.24) is 25.4 Å². The third kappa shape index (κ3) is 3.14. The molecule has 7 heteroatoms. The molecule has 2 heterocycles. The van der Waals surface area contributed by atoms with Gasteiger partial charge in [0.25, 0.3) is 0 Å². The van der Waals surface area contributed by atoms with E-state index in [1.807, 2.05) is 32.0 Å². The summed E-state index contributed by atoms with van der Waals surface area (Å²) in [6.07, 6.45) is 0.750. The highest BCUT2D eigenvalue weighted by atomic mass is 16.6. The minimum Gasteiger partial charge on any atom is -0.339 e. The summed E-state index contributed by atoms with van der Waals surface area (Å²) in [6.45, 7) is 5.67. The van der Waals surface area contributed by atoms with Crippen LogP contribution in [0.3, 0.4) is 0 Å². The topological polar surface area (TPSA) is 81.1 Å². The highest BCUT2D eigenvalue weighted by Crippen LogP contribution is 2.16. The fraction of sp³-hybridized carbons (Fsp3) is 0.467. The van der Waals surface area contributed by atoms with Gasteiger partial charge in [0.05, 0.1) is 0 Å². The zero-order chi connectivity index (χ0) is 15.5. The van der Waals surface area contributed by atoms with Gasteiger partial charge in [-0.3, -0.25) is 0 Å². The first kappa shape index (κ1) is 14.6. The summed E-state index contributed by atoms with van der Waals surface area (Å²) in [5.74, 6) is 1.70. The predicted octanol–water partition coefficient (Wildman–Crippen LogP) is 2.40. The van der Waals surface area contributed by atoms with Crippen molar-refractivity contribution in [3.8, 4) is 0 Å². The summed E-state index contributed by atoms with van der Waals surface area (Å²) >= 11 is 0. The molecule has 0 saturated heterocycles. The van der Waals surface area contributed by atoms with Crippen molar-refractivity contribution in [2.75, 3.05) is 13.6 Å². The first-order valence-electron chi connectivity index (χ1n) is 7.34. The van der Waals surface area contributed by atoms with E-state index in [1.165, 1.54) is 0 Å². The van der Waals surface area contributed by atoms with Crippen LogP contribution in [0, 0.1) is 0 Å². The largest absolute Gasteiger partial charge is 0.339 e. The van der Waals surface area contributed by atoms with E-state index in [-0.39, 0.29) is 5.92 Å². The highest BCUT2D eigenvalue weighted by molar-refractivity contribution is 5.76. The van der Waals surface area contributed by atoms with Crippen LogP contribution in [0.25, 0.3) is 11.0 Å². The number of nitrogens with zero attached hydrogens (tertiary/aromatic N) is 5. The van der Waals surface area contributed by atoms with Crippen LogP contribution in [0.15, 0.2) is 27.4 Å². The molecule has 0 aliphatic heterocycles. The maximum Gasteiger partial charge on any atom is 0.229 e. The van der Waals surface area contributed by atoms with Gasteiger partial charge in [0, 0.05) is 25.4 Å². The minimum atomic E-state index is 0.260. The molecule has 1 aromatic carbocycles. The quantitative estimate of drug-likeness (QED) is 0.691.